The third-order valence-corrected chi connectivity index (χ3v) is 4.84. The molecule has 20 heavy (non-hydrogen) atoms. The van der Waals surface area contributed by atoms with E-state index in [0.29, 0.717) is 11.1 Å². The molecule has 0 amide bonds. The van der Waals surface area contributed by atoms with Gasteiger partial charge in [0.1, 0.15) is 0 Å². The topological polar surface area (TPSA) is 12.9 Å². The Balaban J connectivity index is 2.36. The number of thioether (sulfide) groups is 2. The summed E-state index contributed by atoms with van der Waals surface area (Å²) in [6.45, 7) is 0. The molecule has 0 fully saturated rings. The van der Waals surface area contributed by atoms with Crippen molar-refractivity contribution in [2.45, 2.75) is 9.79 Å². The zero-order valence-electron chi connectivity index (χ0n) is 10.7. The van der Waals surface area contributed by atoms with Crippen molar-refractivity contribution in [2.24, 2.45) is 0 Å². The summed E-state index contributed by atoms with van der Waals surface area (Å²) in [7, 11) is 0. The second kappa shape index (κ2) is 8.27. The number of halogens is 1. The van der Waals surface area contributed by atoms with Gasteiger partial charge >= 0.3 is 0 Å². The van der Waals surface area contributed by atoms with Crippen LogP contribution in [-0.2, 0) is 0 Å². The molecular weight excluding hydrogens is 350 g/mol. The van der Waals surface area contributed by atoms with Gasteiger partial charge in [-0.25, -0.2) is 0 Å². The van der Waals surface area contributed by atoms with Crippen LogP contribution in [0.3, 0.4) is 0 Å². The highest BCUT2D eigenvalue weighted by molar-refractivity contribution is 9.09. The quantitative estimate of drug-likeness (QED) is 0.453. The highest BCUT2D eigenvalue weighted by atomic mass is 79.9. The minimum atomic E-state index is 0.653. The van der Waals surface area contributed by atoms with Gasteiger partial charge in [-0.2, -0.15) is 0 Å². The number of alkyl halides is 1. The Kier molecular flexibility index (Phi) is 6.33. The number of terminal acetylenes is 1. The van der Waals surface area contributed by atoms with Crippen LogP contribution in [0.5, 0.6) is 0 Å². The number of hydrogen-bond acceptors (Lipinski definition) is 3. The Morgan fingerprint density at radius 2 is 2.00 bits per heavy atom. The molecule has 0 bridgehead atoms. The molecule has 0 N–H and O–H groups in total. The van der Waals surface area contributed by atoms with E-state index in [-0.39, 0.29) is 0 Å². The molecule has 1 aromatic heterocycles. The number of fused-ring (bicyclic) bond motifs is 1. The number of aromatic nitrogens is 1. The molecule has 2 aromatic rings. The maximum Gasteiger partial charge on any atom is 0.0714 e. The van der Waals surface area contributed by atoms with E-state index in [0.717, 1.165) is 16.2 Å². The average molecular weight is 362 g/mol. The van der Waals surface area contributed by atoms with Crippen LogP contribution in [0.15, 0.2) is 40.3 Å². The molecule has 1 aromatic carbocycles. The van der Waals surface area contributed by atoms with Gasteiger partial charge in [-0.1, -0.05) is 51.9 Å². The summed E-state index contributed by atoms with van der Waals surface area (Å²) >= 11 is 6.70. The van der Waals surface area contributed by atoms with Crippen molar-refractivity contribution in [3.8, 4) is 24.2 Å². The molecule has 100 valence electrons. The first-order valence-electron chi connectivity index (χ1n) is 5.95. The zero-order chi connectivity index (χ0) is 14.2. The Bertz CT molecular complexity index is 695. The first-order valence-corrected chi connectivity index (χ1v) is 9.04. The summed E-state index contributed by atoms with van der Waals surface area (Å²) in [6.07, 6.45) is 7.26. The van der Waals surface area contributed by atoms with Crippen LogP contribution >= 0.6 is 39.5 Å². The predicted molar refractivity (Wildman–Crippen MR) is 93.6 cm³/mol. The summed E-state index contributed by atoms with van der Waals surface area (Å²) in [4.78, 5) is 6.85. The summed E-state index contributed by atoms with van der Waals surface area (Å²) < 4.78 is 0. The maximum atomic E-state index is 5.35. The molecule has 2 rings (SSSR count). The van der Waals surface area contributed by atoms with Crippen molar-refractivity contribution in [1.29, 1.82) is 0 Å². The van der Waals surface area contributed by atoms with Gasteiger partial charge in [0.2, 0.25) is 0 Å². The lowest BCUT2D eigenvalue weighted by atomic mass is 10.2. The molecule has 0 unspecified atom stereocenters. The third-order valence-electron chi connectivity index (χ3n) is 2.48. The van der Waals surface area contributed by atoms with E-state index >= 15 is 0 Å². The van der Waals surface area contributed by atoms with Gasteiger partial charge in [0.05, 0.1) is 22.4 Å². The largest absolute Gasteiger partial charge is 0.255 e. The molecule has 4 heteroatoms. The second-order valence-electron chi connectivity index (χ2n) is 3.74. The van der Waals surface area contributed by atoms with E-state index < -0.39 is 0 Å². The molecular formula is C16H12BrNS2. The molecule has 0 aliphatic rings. The van der Waals surface area contributed by atoms with E-state index in [1.807, 2.05) is 24.4 Å². The van der Waals surface area contributed by atoms with Crippen molar-refractivity contribution in [2.75, 3.05) is 16.8 Å². The molecule has 1 heterocycles. The molecule has 0 saturated heterocycles. The lowest BCUT2D eigenvalue weighted by molar-refractivity contribution is 1.20. The van der Waals surface area contributed by atoms with Crippen LogP contribution in [0.4, 0.5) is 0 Å². The number of pyridine rings is 1. The normalized spacial score (nSPS) is 9.80. The van der Waals surface area contributed by atoms with E-state index in [4.69, 9.17) is 6.42 Å². The number of rotatable bonds is 4. The maximum absolute atomic E-state index is 5.35. The molecule has 0 atom stereocenters. The smallest absolute Gasteiger partial charge is 0.0714 e. The van der Waals surface area contributed by atoms with Gasteiger partial charge < -0.3 is 0 Å². The van der Waals surface area contributed by atoms with Crippen molar-refractivity contribution >= 4 is 50.4 Å². The molecule has 0 aliphatic carbocycles. The highest BCUT2D eigenvalue weighted by Gasteiger charge is 2.09. The van der Waals surface area contributed by atoms with E-state index in [2.05, 4.69) is 44.7 Å². The monoisotopic (exact) mass is 361 g/mol. The van der Waals surface area contributed by atoms with Crippen LogP contribution in [-0.4, -0.2) is 21.8 Å². The number of hydrogen-bond donors (Lipinski definition) is 0. The van der Waals surface area contributed by atoms with Gasteiger partial charge in [0.25, 0.3) is 0 Å². The van der Waals surface area contributed by atoms with Crippen LogP contribution < -0.4 is 0 Å². The standard InChI is InChI=1S/C16H12BrNS2/c1-2-10-19-15-12-18-14-8-4-3-7-13(14)16(15)20-11-6-5-9-17/h1,3-4,7-8,12H,9-11H2. The van der Waals surface area contributed by atoms with Crippen LogP contribution in [0.25, 0.3) is 10.9 Å². The van der Waals surface area contributed by atoms with Crippen molar-refractivity contribution < 1.29 is 0 Å². The fourth-order valence-electron chi connectivity index (χ4n) is 1.68. The SMILES string of the molecule is C#CCSc1cnc2ccccc2c1SCC#CCBr. The zero-order valence-corrected chi connectivity index (χ0v) is 13.9. The fourth-order valence-corrected chi connectivity index (χ4v) is 3.68. The summed E-state index contributed by atoms with van der Waals surface area (Å²) in [5.41, 5.74) is 1.01. The average Bonchev–Trinajstić information content (AvgIpc) is 2.50. The van der Waals surface area contributed by atoms with E-state index in [1.165, 1.54) is 10.3 Å². The van der Waals surface area contributed by atoms with E-state index in [9.17, 15) is 0 Å². The number of nitrogens with zero attached hydrogens (tertiary/aromatic N) is 1. The Morgan fingerprint density at radius 3 is 2.80 bits per heavy atom. The summed E-state index contributed by atoms with van der Waals surface area (Å²) in [5, 5.41) is 1.88. The van der Waals surface area contributed by atoms with Gasteiger partial charge in [-0.05, 0) is 6.07 Å². The van der Waals surface area contributed by atoms with Gasteiger partial charge in [-0.3, -0.25) is 4.98 Å². The minimum absolute atomic E-state index is 0.653. The Hall–Kier alpha value is -1.07. The predicted octanol–water partition coefficient (Wildman–Crippen LogP) is 4.45. The number of benzene rings is 1. The van der Waals surface area contributed by atoms with Crippen molar-refractivity contribution in [3.05, 3.63) is 30.5 Å². The second-order valence-corrected chi connectivity index (χ2v) is 6.30. The van der Waals surface area contributed by atoms with Crippen LogP contribution in [0, 0.1) is 24.2 Å². The Morgan fingerprint density at radius 1 is 1.15 bits per heavy atom. The highest BCUT2D eigenvalue weighted by Crippen LogP contribution is 2.35. The molecule has 0 aliphatic heterocycles. The van der Waals surface area contributed by atoms with Gasteiger partial charge in [-0.15, -0.1) is 29.9 Å². The molecule has 0 saturated carbocycles. The van der Waals surface area contributed by atoms with E-state index in [1.54, 1.807) is 23.5 Å². The summed E-state index contributed by atoms with van der Waals surface area (Å²) in [6, 6.07) is 8.16. The fraction of sp³-hybridized carbons (Fsp3) is 0.188. The molecule has 1 nitrogen and oxygen atoms in total. The number of para-hydroxylation sites is 1. The Labute approximate surface area is 136 Å². The third kappa shape index (κ3) is 3.96. The van der Waals surface area contributed by atoms with Gasteiger partial charge in [0.15, 0.2) is 0 Å². The molecule has 0 spiro atoms. The van der Waals surface area contributed by atoms with Crippen LogP contribution in [0.1, 0.15) is 0 Å². The van der Waals surface area contributed by atoms with Crippen molar-refractivity contribution in [3.63, 3.8) is 0 Å². The first-order chi connectivity index (χ1) is 9.86. The lowest BCUT2D eigenvalue weighted by Crippen LogP contribution is -1.88. The lowest BCUT2D eigenvalue weighted by Gasteiger charge is -2.09. The molecule has 0 radical (unpaired) electrons. The first kappa shape index (κ1) is 15.3. The summed E-state index contributed by atoms with van der Waals surface area (Å²) in [5.74, 6) is 10.2. The van der Waals surface area contributed by atoms with Crippen molar-refractivity contribution in [1.82, 2.24) is 4.98 Å². The minimum Gasteiger partial charge on any atom is -0.255 e. The van der Waals surface area contributed by atoms with Gasteiger partial charge in [0, 0.05) is 21.4 Å². The van der Waals surface area contributed by atoms with Crippen LogP contribution in [0.2, 0.25) is 0 Å².